The molecule has 7 heteroatoms. The van der Waals surface area contributed by atoms with Crippen LogP contribution in [0.1, 0.15) is 17.3 Å². The Morgan fingerprint density at radius 2 is 2.23 bits per heavy atom. The fourth-order valence-electron chi connectivity index (χ4n) is 1.66. The third kappa shape index (κ3) is 5.84. The number of amidine groups is 1. The number of rotatable bonds is 7. The van der Waals surface area contributed by atoms with Crippen molar-refractivity contribution in [1.82, 2.24) is 5.32 Å². The standard InChI is InChI=1S/C15H21N3O4/c1-10(9-21-3)22-13-7-11(6-12(19)8-13)15(20)18-14(16)4-5-17-2/h4-8,10,17,19H,9H2,1-3H3,(H2,16,18,20)/b5-4-/t10-/m1/s1. The molecule has 0 heterocycles. The molecule has 4 N–H and O–H groups in total. The van der Waals surface area contributed by atoms with Crippen LogP contribution < -0.4 is 15.8 Å². The molecule has 1 aromatic carbocycles. The maximum Gasteiger partial charge on any atom is 0.279 e. The van der Waals surface area contributed by atoms with Crippen LogP contribution in [0, 0.1) is 0 Å². The summed E-state index contributed by atoms with van der Waals surface area (Å²) in [4.78, 5) is 15.7. The molecule has 22 heavy (non-hydrogen) atoms. The Hall–Kier alpha value is -2.54. The van der Waals surface area contributed by atoms with Crippen LogP contribution in [0.2, 0.25) is 0 Å². The summed E-state index contributed by atoms with van der Waals surface area (Å²) in [6, 6.07) is 4.21. The van der Waals surface area contributed by atoms with Crippen molar-refractivity contribution < 1.29 is 19.4 Å². The van der Waals surface area contributed by atoms with E-state index in [1.807, 2.05) is 6.92 Å². The summed E-state index contributed by atoms with van der Waals surface area (Å²) in [5, 5.41) is 12.4. The molecule has 1 amide bonds. The van der Waals surface area contributed by atoms with E-state index in [9.17, 15) is 9.90 Å². The van der Waals surface area contributed by atoms with Gasteiger partial charge in [0.2, 0.25) is 0 Å². The van der Waals surface area contributed by atoms with Crippen molar-refractivity contribution in [2.75, 3.05) is 20.8 Å². The Labute approximate surface area is 129 Å². The van der Waals surface area contributed by atoms with Crippen LogP contribution in [0.5, 0.6) is 11.5 Å². The van der Waals surface area contributed by atoms with Crippen LogP contribution >= 0.6 is 0 Å². The van der Waals surface area contributed by atoms with Crippen LogP contribution in [0.3, 0.4) is 0 Å². The molecule has 7 nitrogen and oxygen atoms in total. The Balaban J connectivity index is 2.93. The van der Waals surface area contributed by atoms with Crippen molar-refractivity contribution in [2.45, 2.75) is 13.0 Å². The van der Waals surface area contributed by atoms with E-state index < -0.39 is 5.91 Å². The van der Waals surface area contributed by atoms with Crippen molar-refractivity contribution in [2.24, 2.45) is 10.7 Å². The number of carbonyl (C=O) groups excluding carboxylic acids is 1. The van der Waals surface area contributed by atoms with E-state index in [4.69, 9.17) is 15.2 Å². The molecule has 1 atom stereocenters. The second kappa shape index (κ2) is 8.68. The number of carbonyl (C=O) groups is 1. The van der Waals surface area contributed by atoms with E-state index in [-0.39, 0.29) is 23.3 Å². The highest BCUT2D eigenvalue weighted by Gasteiger charge is 2.11. The van der Waals surface area contributed by atoms with E-state index in [2.05, 4.69) is 10.3 Å². The van der Waals surface area contributed by atoms with Crippen LogP contribution in [0.4, 0.5) is 0 Å². The van der Waals surface area contributed by atoms with Crippen LogP contribution in [-0.2, 0) is 4.74 Å². The Morgan fingerprint density at radius 1 is 1.50 bits per heavy atom. The van der Waals surface area contributed by atoms with Gasteiger partial charge in [-0.25, -0.2) is 0 Å². The molecular formula is C15H21N3O4. The molecule has 0 fully saturated rings. The first-order valence-corrected chi connectivity index (χ1v) is 6.68. The average Bonchev–Trinajstić information content (AvgIpc) is 2.44. The monoisotopic (exact) mass is 307 g/mol. The number of amides is 1. The molecular weight excluding hydrogens is 286 g/mol. The molecule has 0 aliphatic carbocycles. The van der Waals surface area contributed by atoms with Crippen LogP contribution in [-0.4, -0.2) is 43.7 Å². The van der Waals surface area contributed by atoms with E-state index in [0.29, 0.717) is 12.4 Å². The van der Waals surface area contributed by atoms with Gasteiger partial charge in [0.15, 0.2) is 0 Å². The molecule has 0 aromatic heterocycles. The van der Waals surface area contributed by atoms with Crippen molar-refractivity contribution in [1.29, 1.82) is 0 Å². The number of benzene rings is 1. The lowest BCUT2D eigenvalue weighted by Crippen LogP contribution is -2.18. The molecule has 0 unspecified atom stereocenters. The predicted molar refractivity (Wildman–Crippen MR) is 84.2 cm³/mol. The topological polar surface area (TPSA) is 106 Å². The summed E-state index contributed by atoms with van der Waals surface area (Å²) < 4.78 is 10.5. The summed E-state index contributed by atoms with van der Waals surface area (Å²) in [6.45, 7) is 2.20. The van der Waals surface area contributed by atoms with Gasteiger partial charge in [0.05, 0.1) is 6.61 Å². The maximum absolute atomic E-state index is 12.0. The Kier molecular flexibility index (Phi) is 6.91. The SMILES string of the molecule is CN/C=C\C(N)=NC(=O)c1cc(O)cc(O[C@H](C)COC)c1. The minimum atomic E-state index is -0.571. The Morgan fingerprint density at radius 3 is 2.86 bits per heavy atom. The van der Waals surface area contributed by atoms with Gasteiger partial charge in [0.1, 0.15) is 23.4 Å². The molecule has 0 saturated carbocycles. The zero-order chi connectivity index (χ0) is 16.5. The molecule has 0 bridgehead atoms. The summed E-state index contributed by atoms with van der Waals surface area (Å²) in [5.41, 5.74) is 5.77. The lowest BCUT2D eigenvalue weighted by Gasteiger charge is -2.14. The van der Waals surface area contributed by atoms with Gasteiger partial charge in [-0.3, -0.25) is 4.79 Å². The zero-order valence-corrected chi connectivity index (χ0v) is 12.9. The van der Waals surface area contributed by atoms with Crippen LogP contribution in [0.25, 0.3) is 0 Å². The number of methoxy groups -OCH3 is 1. The smallest absolute Gasteiger partial charge is 0.279 e. The number of nitrogens with two attached hydrogens (primary N) is 1. The lowest BCUT2D eigenvalue weighted by molar-refractivity contribution is 0.0914. The highest BCUT2D eigenvalue weighted by Crippen LogP contribution is 2.23. The molecule has 0 saturated heterocycles. The van der Waals surface area contributed by atoms with Crippen molar-refractivity contribution in [3.63, 3.8) is 0 Å². The van der Waals surface area contributed by atoms with Gasteiger partial charge < -0.3 is 25.6 Å². The van der Waals surface area contributed by atoms with Gasteiger partial charge in [-0.15, -0.1) is 0 Å². The number of phenols is 1. The molecule has 1 rings (SSSR count). The summed E-state index contributed by atoms with van der Waals surface area (Å²) >= 11 is 0. The predicted octanol–water partition coefficient (Wildman–Crippen LogP) is 1.04. The fraction of sp³-hybridized carbons (Fsp3) is 0.333. The number of hydrogen-bond acceptors (Lipinski definition) is 5. The quantitative estimate of drug-likeness (QED) is 0.513. The third-order valence-corrected chi connectivity index (χ3v) is 2.53. The van der Waals surface area contributed by atoms with Gasteiger partial charge in [0.25, 0.3) is 5.91 Å². The van der Waals surface area contributed by atoms with Crippen molar-refractivity contribution in [3.05, 3.63) is 36.0 Å². The minimum Gasteiger partial charge on any atom is -0.508 e. The molecule has 0 aliphatic heterocycles. The number of aromatic hydroxyl groups is 1. The fourth-order valence-corrected chi connectivity index (χ4v) is 1.66. The normalized spacial score (nSPS) is 13.1. The van der Waals surface area contributed by atoms with Crippen molar-refractivity contribution >= 4 is 11.7 Å². The van der Waals surface area contributed by atoms with E-state index >= 15 is 0 Å². The lowest BCUT2D eigenvalue weighted by atomic mass is 10.2. The van der Waals surface area contributed by atoms with Crippen molar-refractivity contribution in [3.8, 4) is 11.5 Å². The number of phenolic OH excluding ortho intramolecular Hbond substituents is 1. The molecule has 0 aliphatic rings. The Bertz CT molecular complexity index is 570. The maximum atomic E-state index is 12.0. The van der Waals surface area contributed by atoms with Gasteiger partial charge in [-0.2, -0.15) is 4.99 Å². The zero-order valence-electron chi connectivity index (χ0n) is 12.9. The van der Waals surface area contributed by atoms with Gasteiger partial charge in [-0.1, -0.05) is 0 Å². The second-order valence-electron chi connectivity index (χ2n) is 4.56. The van der Waals surface area contributed by atoms with Gasteiger partial charge in [0, 0.05) is 25.8 Å². The molecule has 1 aromatic rings. The highest BCUT2D eigenvalue weighted by atomic mass is 16.5. The number of ether oxygens (including phenoxy) is 2. The summed E-state index contributed by atoms with van der Waals surface area (Å²) in [6.07, 6.45) is 2.79. The van der Waals surface area contributed by atoms with Crippen LogP contribution in [0.15, 0.2) is 35.5 Å². The summed E-state index contributed by atoms with van der Waals surface area (Å²) in [7, 11) is 3.26. The number of nitrogens with one attached hydrogen (secondary N) is 1. The van der Waals surface area contributed by atoms with Gasteiger partial charge in [-0.05, 0) is 31.3 Å². The average molecular weight is 307 g/mol. The molecule has 120 valence electrons. The van der Waals surface area contributed by atoms with Gasteiger partial charge >= 0.3 is 0 Å². The first-order chi connectivity index (χ1) is 10.5. The third-order valence-electron chi connectivity index (χ3n) is 2.53. The number of aliphatic imine (C=N–C) groups is 1. The number of nitrogens with zero attached hydrogens (tertiary/aromatic N) is 1. The largest absolute Gasteiger partial charge is 0.508 e. The second-order valence-corrected chi connectivity index (χ2v) is 4.56. The summed E-state index contributed by atoms with van der Waals surface area (Å²) in [5.74, 6) is -0.256. The van der Waals surface area contributed by atoms with E-state index in [1.54, 1.807) is 20.4 Å². The first kappa shape index (κ1) is 17.5. The molecule has 0 spiro atoms. The number of hydrogen-bond donors (Lipinski definition) is 3. The first-order valence-electron chi connectivity index (χ1n) is 6.68. The van der Waals surface area contributed by atoms with E-state index in [1.165, 1.54) is 24.3 Å². The minimum absolute atomic E-state index is 0.0536. The van der Waals surface area contributed by atoms with E-state index in [0.717, 1.165) is 0 Å². The molecule has 0 radical (unpaired) electrons. The highest BCUT2D eigenvalue weighted by molar-refractivity contribution is 6.06.